The fourth-order valence-corrected chi connectivity index (χ4v) is 5.65. The van der Waals surface area contributed by atoms with Crippen molar-refractivity contribution in [2.24, 2.45) is 0 Å². The second-order valence-corrected chi connectivity index (χ2v) is 11.4. The number of methoxy groups -OCH3 is 1. The van der Waals surface area contributed by atoms with Gasteiger partial charge in [-0.05, 0) is 36.2 Å². The number of nitro benzene ring substituents is 1. The van der Waals surface area contributed by atoms with E-state index in [1.807, 2.05) is 13.0 Å². The molecule has 0 aliphatic carbocycles. The number of nitro groups is 1. The molecule has 1 aromatic heterocycles. The highest BCUT2D eigenvalue weighted by molar-refractivity contribution is 7.89. The Labute approximate surface area is 258 Å². The van der Waals surface area contributed by atoms with Crippen molar-refractivity contribution in [3.8, 4) is 17.6 Å². The number of nitriles is 1. The van der Waals surface area contributed by atoms with Crippen LogP contribution in [0.3, 0.4) is 0 Å². The van der Waals surface area contributed by atoms with Gasteiger partial charge in [-0.25, -0.2) is 13.1 Å². The van der Waals surface area contributed by atoms with E-state index in [0.29, 0.717) is 27.8 Å². The number of fused-ring (bicyclic) bond motifs is 1. The monoisotopic (exact) mass is 632 g/mol. The summed E-state index contributed by atoms with van der Waals surface area (Å²) in [6.45, 7) is 2.82. The number of para-hydroxylation sites is 1. The fraction of sp³-hybridized carbons (Fsp3) is 0.200. The van der Waals surface area contributed by atoms with Gasteiger partial charge in [-0.15, -0.1) is 0 Å². The third kappa shape index (κ3) is 7.68. The minimum absolute atomic E-state index is 0.0817. The van der Waals surface area contributed by atoms with Crippen LogP contribution in [-0.4, -0.2) is 50.4 Å². The van der Waals surface area contributed by atoms with Crippen molar-refractivity contribution < 1.29 is 32.4 Å². The van der Waals surface area contributed by atoms with E-state index in [4.69, 9.17) is 9.47 Å². The van der Waals surface area contributed by atoms with E-state index in [-0.39, 0.29) is 36.6 Å². The van der Waals surface area contributed by atoms with Crippen LogP contribution in [0.4, 0.5) is 17.1 Å². The van der Waals surface area contributed by atoms with Gasteiger partial charge in [0.05, 0.1) is 35.2 Å². The second kappa shape index (κ2) is 13.8. The largest absolute Gasteiger partial charge is 0.493 e. The molecule has 232 valence electrons. The van der Waals surface area contributed by atoms with Crippen molar-refractivity contribution in [1.82, 2.24) is 15.0 Å². The van der Waals surface area contributed by atoms with Crippen LogP contribution in [0, 0.1) is 28.4 Å². The van der Waals surface area contributed by atoms with Crippen LogP contribution < -0.4 is 24.8 Å². The number of carbonyl (C=O) groups is 2. The molecule has 1 heterocycles. The average molecular weight is 633 g/mol. The molecule has 0 unspecified atom stereocenters. The van der Waals surface area contributed by atoms with Gasteiger partial charge in [0.2, 0.25) is 15.9 Å². The molecule has 0 aliphatic rings. The lowest BCUT2D eigenvalue weighted by atomic mass is 10.0. The van der Waals surface area contributed by atoms with Gasteiger partial charge >= 0.3 is 5.97 Å². The number of anilines is 2. The quantitative estimate of drug-likeness (QED) is 0.0676. The molecule has 14 nitrogen and oxygen atoms in total. The van der Waals surface area contributed by atoms with Gasteiger partial charge in [0.25, 0.3) is 5.69 Å². The van der Waals surface area contributed by atoms with Crippen LogP contribution in [0.25, 0.3) is 10.9 Å². The zero-order valence-corrected chi connectivity index (χ0v) is 25.2. The van der Waals surface area contributed by atoms with E-state index < -0.39 is 37.4 Å². The molecule has 0 aliphatic heterocycles. The first-order valence-electron chi connectivity index (χ1n) is 13.4. The number of nitrogens with zero attached hydrogens (tertiary/aromatic N) is 3. The number of rotatable bonds is 12. The molecule has 0 spiro atoms. The van der Waals surface area contributed by atoms with Gasteiger partial charge in [0.15, 0.2) is 16.4 Å². The van der Waals surface area contributed by atoms with Crippen molar-refractivity contribution in [1.29, 1.82) is 5.26 Å². The van der Waals surface area contributed by atoms with Gasteiger partial charge in [0.1, 0.15) is 6.07 Å². The Morgan fingerprint density at radius 2 is 1.84 bits per heavy atom. The van der Waals surface area contributed by atoms with E-state index in [1.165, 1.54) is 32.4 Å². The van der Waals surface area contributed by atoms with Crippen molar-refractivity contribution >= 4 is 49.9 Å². The molecule has 15 heteroatoms. The van der Waals surface area contributed by atoms with E-state index in [2.05, 4.69) is 26.4 Å². The van der Waals surface area contributed by atoms with Crippen LogP contribution in [0.15, 0.2) is 65.7 Å². The van der Waals surface area contributed by atoms with Crippen LogP contribution in [-0.2, 0) is 26.0 Å². The molecule has 1 amide bonds. The molecular formula is C30H28N6O8S. The number of esters is 1. The SMILES string of the molecule is COc1cc2ncc(C#N)c(Nc3cc(C)ccc3CC(=O)NCCNS(=O)(=O)c3ccccc3[N+](=O)[O-])c2cc1OC(C)=O. The summed E-state index contributed by atoms with van der Waals surface area (Å²) in [4.78, 5) is 38.8. The molecule has 0 atom stereocenters. The normalized spacial score (nSPS) is 11.0. The molecule has 0 fully saturated rings. The van der Waals surface area contributed by atoms with Crippen LogP contribution in [0.5, 0.6) is 11.5 Å². The number of aromatic nitrogens is 1. The zero-order chi connectivity index (χ0) is 32.7. The maximum atomic E-state index is 12.9. The molecule has 4 aromatic rings. The number of pyridine rings is 1. The highest BCUT2D eigenvalue weighted by Gasteiger charge is 2.24. The molecule has 3 N–H and O–H groups in total. The Bertz CT molecular complexity index is 1960. The molecular weight excluding hydrogens is 604 g/mol. The fourth-order valence-electron chi connectivity index (χ4n) is 4.44. The standard InChI is InChI=1S/C30H28N6O8S/c1-18-8-9-20(13-29(38)32-10-11-34-45(41,42)28-7-5-4-6-25(28)36(39)40)23(12-18)35-30-21(16-31)17-33-24-15-26(43-3)27(14-22(24)30)44-19(2)37/h4-9,12,14-15,17,34H,10-11,13H2,1-3H3,(H,32,38)(H,33,35). The van der Waals surface area contributed by atoms with Crippen LogP contribution >= 0.6 is 0 Å². The smallest absolute Gasteiger partial charge is 0.308 e. The average Bonchev–Trinajstić information content (AvgIpc) is 3.00. The van der Waals surface area contributed by atoms with E-state index in [9.17, 15) is 33.4 Å². The maximum absolute atomic E-state index is 12.9. The lowest BCUT2D eigenvalue weighted by Crippen LogP contribution is -2.35. The lowest BCUT2D eigenvalue weighted by molar-refractivity contribution is -0.387. The van der Waals surface area contributed by atoms with Gasteiger partial charge in [0, 0.05) is 49.4 Å². The summed E-state index contributed by atoms with van der Waals surface area (Å²) in [6, 6.07) is 15.5. The number of amides is 1. The first-order chi connectivity index (χ1) is 21.4. The summed E-state index contributed by atoms with van der Waals surface area (Å²) in [7, 11) is -2.78. The highest BCUT2D eigenvalue weighted by atomic mass is 32.2. The van der Waals surface area contributed by atoms with Gasteiger partial charge in [-0.3, -0.25) is 24.7 Å². The Hall–Kier alpha value is -5.59. The second-order valence-electron chi connectivity index (χ2n) is 9.71. The van der Waals surface area contributed by atoms with E-state index >= 15 is 0 Å². The van der Waals surface area contributed by atoms with Crippen molar-refractivity contribution in [2.45, 2.75) is 25.2 Å². The van der Waals surface area contributed by atoms with Crippen molar-refractivity contribution in [3.05, 3.63) is 87.6 Å². The third-order valence-electron chi connectivity index (χ3n) is 6.49. The van der Waals surface area contributed by atoms with Crippen molar-refractivity contribution in [2.75, 3.05) is 25.5 Å². The number of aryl methyl sites for hydroxylation is 1. The first-order valence-corrected chi connectivity index (χ1v) is 14.9. The summed E-state index contributed by atoms with van der Waals surface area (Å²) in [5.74, 6) is -0.571. The van der Waals surface area contributed by atoms with Crippen LogP contribution in [0.1, 0.15) is 23.6 Å². The Balaban J connectivity index is 1.52. The van der Waals surface area contributed by atoms with Gasteiger partial charge < -0.3 is 20.1 Å². The van der Waals surface area contributed by atoms with Gasteiger partial charge in [-0.1, -0.05) is 24.3 Å². The number of nitrogens with one attached hydrogen (secondary N) is 3. The lowest BCUT2D eigenvalue weighted by Gasteiger charge is -2.17. The molecule has 0 bridgehead atoms. The van der Waals surface area contributed by atoms with E-state index in [0.717, 1.165) is 17.7 Å². The molecule has 4 rings (SSSR count). The topological polar surface area (TPSA) is 203 Å². The number of hydrogen-bond acceptors (Lipinski definition) is 11. The number of sulfonamides is 1. The summed E-state index contributed by atoms with van der Waals surface area (Å²) < 4.78 is 38.1. The molecule has 3 aromatic carbocycles. The first kappa shape index (κ1) is 32.3. The summed E-state index contributed by atoms with van der Waals surface area (Å²) in [5.41, 5.74) is 2.43. The minimum Gasteiger partial charge on any atom is -0.493 e. The summed E-state index contributed by atoms with van der Waals surface area (Å²) in [6.07, 6.45) is 1.29. The molecule has 0 radical (unpaired) electrons. The Kier molecular flexibility index (Phi) is 9.91. The van der Waals surface area contributed by atoms with E-state index in [1.54, 1.807) is 24.3 Å². The third-order valence-corrected chi connectivity index (χ3v) is 8.00. The van der Waals surface area contributed by atoms with Crippen molar-refractivity contribution in [3.63, 3.8) is 0 Å². The molecule has 45 heavy (non-hydrogen) atoms. The summed E-state index contributed by atoms with van der Waals surface area (Å²) >= 11 is 0. The predicted octanol–water partition coefficient (Wildman–Crippen LogP) is 3.64. The molecule has 0 saturated carbocycles. The number of benzene rings is 3. The van der Waals surface area contributed by atoms with Crippen LogP contribution in [0.2, 0.25) is 0 Å². The van der Waals surface area contributed by atoms with Gasteiger partial charge in [-0.2, -0.15) is 5.26 Å². The zero-order valence-electron chi connectivity index (χ0n) is 24.4. The predicted molar refractivity (Wildman–Crippen MR) is 164 cm³/mol. The molecule has 0 saturated heterocycles. The number of hydrogen-bond donors (Lipinski definition) is 3. The minimum atomic E-state index is -4.20. The highest BCUT2D eigenvalue weighted by Crippen LogP contribution is 2.38. The Morgan fingerprint density at radius 1 is 1.09 bits per heavy atom. The number of ether oxygens (including phenoxy) is 2. The maximum Gasteiger partial charge on any atom is 0.308 e. The Morgan fingerprint density at radius 3 is 2.53 bits per heavy atom. The summed E-state index contributed by atoms with van der Waals surface area (Å²) in [5, 5.41) is 27.4. The number of carbonyl (C=O) groups excluding carboxylic acids is 2.